The van der Waals surface area contributed by atoms with Gasteiger partial charge in [0.05, 0.1) is 45.0 Å². The van der Waals surface area contributed by atoms with Crippen molar-refractivity contribution in [3.05, 3.63) is 59.5 Å². The fraction of sp³-hybridized carbons (Fsp3) is 0.387. The van der Waals surface area contributed by atoms with Gasteiger partial charge in [-0.25, -0.2) is 25.3 Å². The van der Waals surface area contributed by atoms with E-state index in [9.17, 15) is 68.9 Å². The van der Waals surface area contributed by atoms with E-state index in [2.05, 4.69) is 19.6 Å². The van der Waals surface area contributed by atoms with Crippen molar-refractivity contribution >= 4 is 100 Å². The average Bonchev–Trinajstić information content (AvgIpc) is 3.05. The summed E-state index contributed by atoms with van der Waals surface area (Å²) in [7, 11) is -15.7. The zero-order chi connectivity index (χ0) is 44.2. The maximum atomic E-state index is 10.6. The molecule has 0 aromatic heterocycles. The van der Waals surface area contributed by atoms with Crippen LogP contribution in [0.5, 0.6) is 23.0 Å². The zero-order valence-corrected chi connectivity index (χ0v) is 48.5. The predicted molar refractivity (Wildman–Crippen MR) is 218 cm³/mol. The van der Waals surface area contributed by atoms with Crippen LogP contribution in [-0.2, 0) is 50.6 Å². The molecule has 2 aromatic rings. The molecule has 0 fully saturated rings. The van der Waals surface area contributed by atoms with Gasteiger partial charge in [0.2, 0.25) is 0 Å². The van der Waals surface area contributed by atoms with Crippen LogP contribution in [0, 0.1) is 34.6 Å². The third kappa shape index (κ3) is 36.9. The van der Waals surface area contributed by atoms with E-state index in [-0.39, 0.29) is 183 Å². The first-order valence-electron chi connectivity index (χ1n) is 14.9. The van der Waals surface area contributed by atoms with Crippen molar-refractivity contribution in [3.8, 4) is 23.0 Å². The van der Waals surface area contributed by atoms with Crippen LogP contribution < -0.4 is 118 Å². The van der Waals surface area contributed by atoms with Gasteiger partial charge in [-0.3, -0.25) is 9.59 Å². The van der Waals surface area contributed by atoms with E-state index in [1.54, 1.807) is 27.7 Å². The minimum atomic E-state index is -4.29. The monoisotopic (exact) mass is 1050 g/mol. The Kier molecular flexibility index (Phi) is 47.9. The molecule has 4 N–H and O–H groups in total. The van der Waals surface area contributed by atoms with Crippen molar-refractivity contribution < 1.29 is 200 Å². The number of carbonyl (C=O) groups excluding carboxylic acids is 2. The Morgan fingerprint density at radius 2 is 0.918 bits per heavy atom. The van der Waals surface area contributed by atoms with Crippen molar-refractivity contribution in [1.82, 2.24) is 0 Å². The quantitative estimate of drug-likeness (QED) is 0.0251. The summed E-state index contributed by atoms with van der Waals surface area (Å²) in [4.78, 5) is 21.9. The zero-order valence-electron chi connectivity index (χ0n) is 33.9. The normalized spacial score (nSPS) is 11.2. The molecule has 0 spiro atoms. The van der Waals surface area contributed by atoms with Gasteiger partial charge in [-0.15, -0.1) is 41.9 Å². The molecule has 0 saturated heterocycles. The SMILES string of the molecule is C.Cc1cc(O)c(SCCS(=O)(=O)[O-])c(C)c1O.O=C1C=CC(=O)C=C1.O=S(=O)([O-])CCS.O=S(=O)=O.[CH2-]CSc1c(C)c(O)c(C)c(SCCS(=O)(=O)[O-])c1O.[Na+].[Na+].[Na+].[Na+]. The summed E-state index contributed by atoms with van der Waals surface area (Å²) in [6, 6.07) is 1.40. The number of aromatic hydroxyl groups is 4. The summed E-state index contributed by atoms with van der Waals surface area (Å²) in [5.74, 6) is -0.895. The molecular weight excluding hydrogens is 1010 g/mol. The fourth-order valence-corrected chi connectivity index (χ4v) is 9.06. The van der Waals surface area contributed by atoms with E-state index in [1.165, 1.54) is 42.1 Å². The van der Waals surface area contributed by atoms with Gasteiger partial charge in [-0.05, 0) is 63.6 Å². The first kappa shape index (κ1) is 76.5. The molecule has 1 aliphatic carbocycles. The number of thiol groups is 1. The number of carbonyl (C=O) groups is 2. The van der Waals surface area contributed by atoms with Gasteiger partial charge in [0.25, 0.3) is 0 Å². The molecule has 0 heterocycles. The first-order chi connectivity index (χ1) is 25.5. The average molecular weight is 1050 g/mol. The molecule has 61 heavy (non-hydrogen) atoms. The Morgan fingerprint density at radius 3 is 1.21 bits per heavy atom. The van der Waals surface area contributed by atoms with Gasteiger partial charge < -0.3 is 41.0 Å². The van der Waals surface area contributed by atoms with E-state index >= 15 is 0 Å². The van der Waals surface area contributed by atoms with Crippen LogP contribution in [0.1, 0.15) is 29.7 Å². The third-order valence-electron chi connectivity index (χ3n) is 6.05. The maximum Gasteiger partial charge on any atom is 1.00 e. The molecule has 3 rings (SSSR count). The number of thioether (sulfide) groups is 3. The second-order valence-corrected chi connectivity index (χ2v) is 19.1. The van der Waals surface area contributed by atoms with Crippen LogP contribution in [0.3, 0.4) is 0 Å². The number of aryl methyl sites for hydroxylation is 1. The van der Waals surface area contributed by atoms with Crippen LogP contribution in [-0.4, -0.2) is 124 Å². The Morgan fingerprint density at radius 1 is 0.607 bits per heavy atom. The van der Waals surface area contributed by atoms with Crippen molar-refractivity contribution in [1.29, 1.82) is 0 Å². The summed E-state index contributed by atoms with van der Waals surface area (Å²) in [5.41, 5.74) is 2.06. The number of ketones is 2. The van der Waals surface area contributed by atoms with Crippen molar-refractivity contribution in [3.63, 3.8) is 0 Å². The predicted octanol–water partition coefficient (Wildman–Crippen LogP) is -9.01. The maximum absolute atomic E-state index is 10.6. The van der Waals surface area contributed by atoms with Crippen molar-refractivity contribution in [2.45, 2.75) is 49.8 Å². The number of phenols is 4. The molecule has 18 nitrogen and oxygen atoms in total. The third-order valence-corrected chi connectivity index (χ3v) is 12.6. The largest absolute Gasteiger partial charge is 1.00 e. The molecule has 2 aromatic carbocycles. The number of hydrogen-bond donors (Lipinski definition) is 5. The molecule has 0 saturated carbocycles. The van der Waals surface area contributed by atoms with Gasteiger partial charge in [-0.2, -0.15) is 24.4 Å². The Balaban J connectivity index is -0.000000128. The van der Waals surface area contributed by atoms with Crippen molar-refractivity contribution in [2.24, 2.45) is 0 Å². The molecule has 0 radical (unpaired) electrons. The topological polar surface area (TPSA) is 338 Å². The molecule has 0 amide bonds. The second kappa shape index (κ2) is 38.2. The van der Waals surface area contributed by atoms with E-state index in [1.807, 2.05) is 0 Å². The van der Waals surface area contributed by atoms with Gasteiger partial charge in [-0.1, -0.05) is 7.43 Å². The molecule has 0 unspecified atom stereocenters. The first-order valence-corrected chi connectivity index (χ1v) is 24.2. The molecule has 0 atom stereocenters. The van der Waals surface area contributed by atoms with Crippen LogP contribution in [0.4, 0.5) is 0 Å². The fourth-order valence-electron chi connectivity index (χ4n) is 3.57. The van der Waals surface area contributed by atoms with Gasteiger partial charge >= 0.3 is 129 Å². The van der Waals surface area contributed by atoms with Gasteiger partial charge in [0.15, 0.2) is 11.6 Å². The Labute approximate surface area is 466 Å². The summed E-state index contributed by atoms with van der Waals surface area (Å²) in [6.07, 6.45) is 5.01. The molecule has 326 valence electrons. The summed E-state index contributed by atoms with van der Waals surface area (Å²) < 4.78 is 117. The van der Waals surface area contributed by atoms with Crippen LogP contribution in [0.25, 0.3) is 0 Å². The molecule has 0 aliphatic heterocycles. The summed E-state index contributed by atoms with van der Waals surface area (Å²) in [5, 5.41) is 39.6. The van der Waals surface area contributed by atoms with E-state index in [0.29, 0.717) is 42.7 Å². The van der Waals surface area contributed by atoms with Crippen LogP contribution >= 0.6 is 47.9 Å². The van der Waals surface area contributed by atoms with Crippen molar-refractivity contribution in [2.75, 3.05) is 40.3 Å². The number of phenolic OH excluding ortho intramolecular Hbond substituents is 4. The standard InChI is InChI=1S/C12H17O5S3.C10H14O5S2.C6H4O2.C2H6O3S2.CH4.4Na.O3S/c1-4-18-11-7(2)9(13)8(3)12(10(11)14)19-5-6-20(15,16)17;1-6-5-8(11)10(7(2)9(6)12)16-3-4-17(13,14)15;7-5-1-2-6(8)4-3-5;3-7(4,5)2-1-6;;;;;;1-4(2)3/h13-14H,1,4-6H2,2-3H3,(H,15,16,17);5,11-12H,3-4H2,1-2H3,(H,13,14,15);1-4H;6H,1-2H2,(H,3,4,5);1H4;;;;;/q-1;;;;;4*+1;/p-3. The number of rotatable bonds is 12. The van der Waals surface area contributed by atoms with E-state index in [4.69, 9.17) is 12.6 Å². The van der Waals surface area contributed by atoms with Crippen LogP contribution in [0.2, 0.25) is 0 Å². The molecule has 30 heteroatoms. The Hall–Kier alpha value is 1.21. The molecule has 0 bridgehead atoms. The van der Waals surface area contributed by atoms with Crippen LogP contribution in [0.15, 0.2) is 45.1 Å². The van der Waals surface area contributed by atoms with E-state index < -0.39 is 52.5 Å². The minimum absolute atomic E-state index is 0. The Bertz CT molecular complexity index is 2160. The number of allylic oxidation sites excluding steroid dienone is 4. The molecule has 1 aliphatic rings. The van der Waals surface area contributed by atoms with Gasteiger partial charge in [0, 0.05) is 51.2 Å². The summed E-state index contributed by atoms with van der Waals surface area (Å²) in [6.45, 7) is 10.3. The number of benzene rings is 2. The summed E-state index contributed by atoms with van der Waals surface area (Å²) >= 11 is 6.90. The smallest absolute Gasteiger partial charge is 0.748 e. The number of hydrogen-bond acceptors (Lipinski definition) is 22. The molecular formula is C31H42Na4O18S8. The minimum Gasteiger partial charge on any atom is -0.748 e. The van der Waals surface area contributed by atoms with E-state index in [0.717, 1.165) is 23.5 Å². The van der Waals surface area contributed by atoms with Gasteiger partial charge in [0.1, 0.15) is 23.0 Å². The second-order valence-electron chi connectivity index (χ2n) is 10.4.